The van der Waals surface area contributed by atoms with Crippen molar-refractivity contribution in [3.63, 3.8) is 0 Å². The van der Waals surface area contributed by atoms with Gasteiger partial charge in [0.05, 0.1) is 5.54 Å². The Morgan fingerprint density at radius 1 is 1.21 bits per heavy atom. The number of nitrogens with one attached hydrogen (secondary N) is 1. The molecule has 3 rings (SSSR count). The molecule has 0 saturated carbocycles. The fourth-order valence-corrected chi connectivity index (χ4v) is 3.47. The van der Waals surface area contributed by atoms with Crippen LogP contribution in [0.4, 0.5) is 14.5 Å². The second-order valence-corrected chi connectivity index (χ2v) is 5.73. The molecule has 2 aliphatic rings. The molecule has 0 radical (unpaired) electrons. The predicted octanol–water partition coefficient (Wildman–Crippen LogP) is 3.03. The van der Waals surface area contributed by atoms with Crippen LogP contribution < -0.4 is 5.32 Å². The van der Waals surface area contributed by atoms with Crippen molar-refractivity contribution >= 4 is 22.6 Å². The van der Waals surface area contributed by atoms with E-state index in [4.69, 9.17) is 4.74 Å². The van der Waals surface area contributed by atoms with Crippen LogP contribution >= 0.6 is 11.8 Å². The van der Waals surface area contributed by atoms with Crippen LogP contribution in [0.2, 0.25) is 0 Å². The largest absolute Gasteiger partial charge is 0.381 e. The first-order chi connectivity index (χ1) is 9.19. The Labute approximate surface area is 114 Å². The van der Waals surface area contributed by atoms with E-state index in [1.807, 2.05) is 0 Å². The molecule has 1 N–H and O–H groups in total. The molecule has 3 nitrogen and oxygen atoms in total. The molecule has 1 spiro atoms. The van der Waals surface area contributed by atoms with E-state index in [1.165, 1.54) is 30.0 Å². The van der Waals surface area contributed by atoms with Gasteiger partial charge in [0, 0.05) is 19.0 Å². The molecule has 1 aromatic rings. The average Bonchev–Trinajstić information content (AvgIpc) is 2.78. The molecule has 0 aliphatic carbocycles. The molecule has 6 heteroatoms. The molecule has 0 amide bonds. The lowest BCUT2D eigenvalue weighted by Gasteiger charge is -2.29. The number of ether oxygens (including phenoxy) is 1. The van der Waals surface area contributed by atoms with Gasteiger partial charge in [0.25, 0.3) is 0 Å². The summed E-state index contributed by atoms with van der Waals surface area (Å²) in [5.41, 5.74) is -0.245. The molecule has 1 fully saturated rings. The minimum atomic E-state index is -0.601. The first kappa shape index (κ1) is 12.9. The second kappa shape index (κ2) is 5.09. The summed E-state index contributed by atoms with van der Waals surface area (Å²) in [5, 5.41) is 3.36. The Bertz CT molecular complexity index is 495. The van der Waals surface area contributed by atoms with Crippen molar-refractivity contribution in [1.29, 1.82) is 0 Å². The summed E-state index contributed by atoms with van der Waals surface area (Å²) in [5.74, 6) is -0.359. The highest BCUT2D eigenvalue weighted by atomic mass is 32.2. The maximum Gasteiger partial charge on any atom is 0.161 e. The van der Waals surface area contributed by atoms with E-state index in [0.717, 1.165) is 18.6 Å². The van der Waals surface area contributed by atoms with Crippen LogP contribution in [0.25, 0.3) is 0 Å². The van der Waals surface area contributed by atoms with Crippen molar-refractivity contribution in [1.82, 2.24) is 0 Å². The van der Waals surface area contributed by atoms with E-state index in [9.17, 15) is 8.78 Å². The summed E-state index contributed by atoms with van der Waals surface area (Å²) in [6.45, 7) is 1.40. The van der Waals surface area contributed by atoms with Gasteiger partial charge in [-0.1, -0.05) is 17.8 Å². The number of para-hydroxylation sites is 1. The van der Waals surface area contributed by atoms with Crippen molar-refractivity contribution in [3.8, 4) is 0 Å². The number of aliphatic imine (C=N–C) groups is 1. The van der Waals surface area contributed by atoms with Gasteiger partial charge in [0.15, 0.2) is 5.17 Å². The van der Waals surface area contributed by atoms with Gasteiger partial charge in [0.2, 0.25) is 0 Å². The van der Waals surface area contributed by atoms with Gasteiger partial charge in [0.1, 0.15) is 17.3 Å². The number of hydrogen-bond donors (Lipinski definition) is 1. The highest BCUT2D eigenvalue weighted by molar-refractivity contribution is 8.14. The molecule has 1 aromatic carbocycles. The molecular formula is C13H14F2N2OS. The maximum atomic E-state index is 13.6. The fraction of sp³-hybridized carbons (Fsp3) is 0.462. The van der Waals surface area contributed by atoms with Gasteiger partial charge in [-0.3, -0.25) is 4.99 Å². The van der Waals surface area contributed by atoms with Crippen LogP contribution in [0.15, 0.2) is 23.2 Å². The van der Waals surface area contributed by atoms with E-state index in [2.05, 4.69) is 10.3 Å². The first-order valence-electron chi connectivity index (χ1n) is 6.20. The third-order valence-corrected chi connectivity index (χ3v) is 4.58. The highest BCUT2D eigenvalue weighted by Gasteiger charge is 2.37. The van der Waals surface area contributed by atoms with Gasteiger partial charge >= 0.3 is 0 Å². The normalized spacial score (nSPS) is 21.5. The van der Waals surface area contributed by atoms with Crippen molar-refractivity contribution in [3.05, 3.63) is 29.8 Å². The number of thioether (sulfide) groups is 1. The standard InChI is InChI=1S/C13H14F2N2OS/c14-9-2-1-3-10(15)11(9)16-12-17-13(8-19-12)4-6-18-7-5-13/h1-3H,4-8H2,(H,16,17). The van der Waals surface area contributed by atoms with Crippen molar-refractivity contribution < 1.29 is 13.5 Å². The monoisotopic (exact) mass is 284 g/mol. The number of benzene rings is 1. The van der Waals surface area contributed by atoms with E-state index >= 15 is 0 Å². The number of amidine groups is 1. The SMILES string of the molecule is Fc1cccc(F)c1NC1=NC2(CCOCC2)CS1. The van der Waals surface area contributed by atoms with Crippen LogP contribution in [-0.2, 0) is 4.74 Å². The predicted molar refractivity (Wildman–Crippen MR) is 72.7 cm³/mol. The molecule has 19 heavy (non-hydrogen) atoms. The van der Waals surface area contributed by atoms with Crippen molar-refractivity contribution in [2.45, 2.75) is 18.4 Å². The minimum Gasteiger partial charge on any atom is -0.381 e. The zero-order valence-electron chi connectivity index (χ0n) is 10.3. The number of halogens is 2. The van der Waals surface area contributed by atoms with Crippen LogP contribution in [-0.4, -0.2) is 29.7 Å². The maximum absolute atomic E-state index is 13.6. The summed E-state index contributed by atoms with van der Waals surface area (Å²) in [4.78, 5) is 4.61. The Balaban J connectivity index is 1.79. The number of rotatable bonds is 1. The zero-order chi connectivity index (χ0) is 13.3. The molecule has 0 atom stereocenters. The van der Waals surface area contributed by atoms with Gasteiger partial charge < -0.3 is 10.1 Å². The molecule has 102 valence electrons. The van der Waals surface area contributed by atoms with Crippen molar-refractivity contribution in [2.24, 2.45) is 4.99 Å². The lowest BCUT2D eigenvalue weighted by atomic mass is 9.93. The smallest absolute Gasteiger partial charge is 0.161 e. The fourth-order valence-electron chi connectivity index (χ4n) is 2.28. The molecule has 0 bridgehead atoms. The quantitative estimate of drug-likeness (QED) is 0.860. The third kappa shape index (κ3) is 2.60. The molecular weight excluding hydrogens is 270 g/mol. The lowest BCUT2D eigenvalue weighted by molar-refractivity contribution is 0.0624. The number of nitrogens with zero attached hydrogens (tertiary/aromatic N) is 1. The van der Waals surface area contributed by atoms with E-state index in [0.29, 0.717) is 18.4 Å². The summed E-state index contributed by atoms with van der Waals surface area (Å²) < 4.78 is 32.4. The molecule has 1 saturated heterocycles. The first-order valence-corrected chi connectivity index (χ1v) is 7.19. The Hall–Kier alpha value is -1.14. The van der Waals surface area contributed by atoms with Crippen LogP contribution in [0.1, 0.15) is 12.8 Å². The van der Waals surface area contributed by atoms with Gasteiger partial charge in [-0.2, -0.15) is 0 Å². The molecule has 0 unspecified atom stereocenters. The topological polar surface area (TPSA) is 33.6 Å². The average molecular weight is 284 g/mol. The highest BCUT2D eigenvalue weighted by Crippen LogP contribution is 2.36. The van der Waals surface area contributed by atoms with Crippen molar-refractivity contribution in [2.75, 3.05) is 24.3 Å². The van der Waals surface area contributed by atoms with Crippen LogP contribution in [0, 0.1) is 11.6 Å². The lowest BCUT2D eigenvalue weighted by Crippen LogP contribution is -2.34. The van der Waals surface area contributed by atoms with Gasteiger partial charge in [-0.25, -0.2) is 8.78 Å². The molecule has 2 aliphatic heterocycles. The van der Waals surface area contributed by atoms with E-state index in [-0.39, 0.29) is 11.2 Å². The Morgan fingerprint density at radius 3 is 2.58 bits per heavy atom. The minimum absolute atomic E-state index is 0.118. The van der Waals surface area contributed by atoms with Crippen LogP contribution in [0.5, 0.6) is 0 Å². The zero-order valence-corrected chi connectivity index (χ0v) is 11.1. The van der Waals surface area contributed by atoms with E-state index < -0.39 is 11.6 Å². The molecule has 2 heterocycles. The Morgan fingerprint density at radius 2 is 1.89 bits per heavy atom. The summed E-state index contributed by atoms with van der Waals surface area (Å²) in [7, 11) is 0. The summed E-state index contributed by atoms with van der Waals surface area (Å²) >= 11 is 1.51. The van der Waals surface area contributed by atoms with Gasteiger partial charge in [-0.05, 0) is 25.0 Å². The summed E-state index contributed by atoms with van der Waals surface area (Å²) in [6.07, 6.45) is 1.73. The van der Waals surface area contributed by atoms with E-state index in [1.54, 1.807) is 0 Å². The third-order valence-electron chi connectivity index (χ3n) is 3.43. The van der Waals surface area contributed by atoms with Crippen LogP contribution in [0.3, 0.4) is 0 Å². The summed E-state index contributed by atoms with van der Waals surface area (Å²) in [6, 6.07) is 3.81. The molecule has 0 aromatic heterocycles. The number of hydrogen-bond acceptors (Lipinski definition) is 4. The Kier molecular flexibility index (Phi) is 3.45. The second-order valence-electron chi connectivity index (χ2n) is 4.76. The van der Waals surface area contributed by atoms with Gasteiger partial charge in [-0.15, -0.1) is 0 Å². The number of anilines is 1.